The van der Waals surface area contributed by atoms with Crippen LogP contribution in [0.1, 0.15) is 18.9 Å². The van der Waals surface area contributed by atoms with Gasteiger partial charge < -0.3 is 25.5 Å². The number of methoxy groups -OCH3 is 1. The van der Waals surface area contributed by atoms with Crippen molar-refractivity contribution in [2.75, 3.05) is 37.7 Å². The van der Waals surface area contributed by atoms with E-state index in [-0.39, 0.29) is 46.1 Å². The van der Waals surface area contributed by atoms with E-state index >= 15 is 0 Å². The van der Waals surface area contributed by atoms with E-state index in [4.69, 9.17) is 20.6 Å². The van der Waals surface area contributed by atoms with E-state index in [0.717, 1.165) is 0 Å². The van der Waals surface area contributed by atoms with Crippen LogP contribution in [0.15, 0.2) is 47.6 Å². The Bertz CT molecular complexity index is 1400. The number of likely N-dealkylation sites (tertiary alicyclic amines) is 1. The van der Waals surface area contributed by atoms with E-state index in [1.165, 1.54) is 38.4 Å². The Hall–Kier alpha value is -3.84. The summed E-state index contributed by atoms with van der Waals surface area (Å²) in [5.41, 5.74) is 7.26. The Balaban J connectivity index is 1.59. The summed E-state index contributed by atoms with van der Waals surface area (Å²) in [6, 6.07) is 9.16. The lowest BCUT2D eigenvalue weighted by atomic mass is 10.1. The van der Waals surface area contributed by atoms with Crippen molar-refractivity contribution in [3.63, 3.8) is 0 Å². The molecule has 1 aromatic carbocycles. The van der Waals surface area contributed by atoms with Crippen molar-refractivity contribution in [1.29, 1.82) is 5.41 Å². The van der Waals surface area contributed by atoms with Gasteiger partial charge in [0.25, 0.3) is 10.0 Å². The van der Waals surface area contributed by atoms with Crippen molar-refractivity contribution in [3.8, 4) is 23.0 Å². The molecule has 11 nitrogen and oxygen atoms in total. The smallest absolute Gasteiger partial charge is 0.279 e. The van der Waals surface area contributed by atoms with Crippen molar-refractivity contribution < 1.29 is 22.3 Å². The molecule has 1 fully saturated rings. The topological polar surface area (TPSA) is 156 Å². The molecule has 0 bridgehead atoms. The second kappa shape index (κ2) is 10.6. The number of pyridine rings is 1. The number of piperidine rings is 1. The van der Waals surface area contributed by atoms with Gasteiger partial charge in [0.15, 0.2) is 10.9 Å². The first-order chi connectivity index (χ1) is 17.6. The molecule has 0 aliphatic carbocycles. The lowest BCUT2D eigenvalue weighted by Gasteiger charge is -2.32. The Labute approximate surface area is 214 Å². The second-order valence-corrected chi connectivity index (χ2v) is 10.3. The van der Waals surface area contributed by atoms with Gasteiger partial charge in [0, 0.05) is 42.3 Å². The van der Waals surface area contributed by atoms with Gasteiger partial charge in [-0.05, 0) is 50.7 Å². The summed E-state index contributed by atoms with van der Waals surface area (Å²) in [4.78, 5) is 14.5. The summed E-state index contributed by atoms with van der Waals surface area (Å²) in [6.07, 6.45) is -0.138. The molecule has 2 atom stereocenters. The largest absolute Gasteiger partial charge is 0.497 e. The number of aromatic nitrogens is 3. The van der Waals surface area contributed by atoms with Crippen LogP contribution in [0, 0.1) is 5.41 Å². The van der Waals surface area contributed by atoms with Gasteiger partial charge in [-0.25, -0.2) is 14.4 Å². The van der Waals surface area contributed by atoms with Crippen molar-refractivity contribution in [1.82, 2.24) is 19.9 Å². The van der Waals surface area contributed by atoms with Gasteiger partial charge in [-0.1, -0.05) is 0 Å². The van der Waals surface area contributed by atoms with Crippen molar-refractivity contribution in [3.05, 3.63) is 48.2 Å². The standard InChI is InChI=1S/C24H28FN7O4S/c1-14(26)21-22(27)29-23(30-24(21)36-19-9-11-32(2)13-18(19)25)15-4-6-16(7-5-15)31-37(33,34)20-12-17(35-3)8-10-28-20/h4-8,10,12,18-19,26,31H,9,11,13H2,1-3H3,(H2,27,29,30)/t18-,19+/m0/s1. The number of alkyl halides is 1. The number of nitrogen functional groups attached to an aromatic ring is 1. The second-order valence-electron chi connectivity index (χ2n) is 8.68. The number of rotatable bonds is 8. The SMILES string of the molecule is COc1ccnc(S(=O)(=O)Nc2ccc(-c3nc(N)c(C(C)=N)c(O[C@@H]4CCN(C)C[C@@H]4F)n3)cc2)c1. The van der Waals surface area contributed by atoms with Gasteiger partial charge in [0.05, 0.1) is 12.7 Å². The number of hydrogen-bond acceptors (Lipinski definition) is 10. The molecule has 0 radical (unpaired) electrons. The highest BCUT2D eigenvalue weighted by Gasteiger charge is 2.31. The molecular formula is C24H28FN7O4S. The number of nitrogens with one attached hydrogen (secondary N) is 2. The molecule has 3 heterocycles. The minimum absolute atomic E-state index is 0.0321. The van der Waals surface area contributed by atoms with E-state index in [2.05, 4.69) is 19.7 Å². The molecule has 0 unspecified atom stereocenters. The fourth-order valence-corrected chi connectivity index (χ4v) is 4.92. The zero-order valence-electron chi connectivity index (χ0n) is 20.6. The van der Waals surface area contributed by atoms with Crippen LogP contribution in [0.25, 0.3) is 11.4 Å². The van der Waals surface area contributed by atoms with E-state index in [1.807, 2.05) is 11.9 Å². The summed E-state index contributed by atoms with van der Waals surface area (Å²) < 4.78 is 53.5. The fraction of sp³-hybridized carbons (Fsp3) is 0.333. The predicted octanol–water partition coefficient (Wildman–Crippen LogP) is 2.74. The molecular weight excluding hydrogens is 501 g/mol. The first kappa shape index (κ1) is 26.2. The zero-order chi connectivity index (χ0) is 26.7. The summed E-state index contributed by atoms with van der Waals surface area (Å²) in [7, 11) is -0.678. The summed E-state index contributed by atoms with van der Waals surface area (Å²) in [5.74, 6) is 0.636. The number of sulfonamides is 1. The molecule has 196 valence electrons. The third-order valence-electron chi connectivity index (χ3n) is 5.84. The average molecular weight is 530 g/mol. The lowest BCUT2D eigenvalue weighted by molar-refractivity contribution is 0.0286. The first-order valence-electron chi connectivity index (χ1n) is 11.4. The predicted molar refractivity (Wildman–Crippen MR) is 137 cm³/mol. The molecule has 0 amide bonds. The van der Waals surface area contributed by atoms with Crippen LogP contribution in [0.2, 0.25) is 0 Å². The Morgan fingerprint density at radius 3 is 2.62 bits per heavy atom. The van der Waals surface area contributed by atoms with Crippen LogP contribution in [0.3, 0.4) is 0 Å². The lowest BCUT2D eigenvalue weighted by Crippen LogP contribution is -2.45. The number of ether oxygens (including phenoxy) is 2. The van der Waals surface area contributed by atoms with Crippen LogP contribution in [0.5, 0.6) is 11.6 Å². The molecule has 0 saturated carbocycles. The van der Waals surface area contributed by atoms with Gasteiger partial charge in [-0.15, -0.1) is 0 Å². The van der Waals surface area contributed by atoms with Gasteiger partial charge in [-0.3, -0.25) is 4.72 Å². The van der Waals surface area contributed by atoms with Crippen molar-refractivity contribution >= 4 is 27.2 Å². The third-order valence-corrected chi connectivity index (χ3v) is 7.12. The monoisotopic (exact) mass is 529 g/mol. The first-order valence-corrected chi connectivity index (χ1v) is 12.9. The van der Waals surface area contributed by atoms with Gasteiger partial charge in [0.1, 0.15) is 23.8 Å². The van der Waals surface area contributed by atoms with Crippen molar-refractivity contribution in [2.45, 2.75) is 30.6 Å². The van der Waals surface area contributed by atoms with Gasteiger partial charge in [-0.2, -0.15) is 13.4 Å². The molecule has 13 heteroatoms. The number of nitrogens with two attached hydrogens (primary N) is 1. The number of nitrogens with zero attached hydrogens (tertiary/aromatic N) is 4. The maximum atomic E-state index is 14.6. The molecule has 1 saturated heterocycles. The summed E-state index contributed by atoms with van der Waals surface area (Å²) in [6.45, 7) is 2.43. The number of benzene rings is 1. The van der Waals surface area contributed by atoms with Crippen molar-refractivity contribution in [2.24, 2.45) is 0 Å². The van der Waals surface area contributed by atoms with E-state index < -0.39 is 22.3 Å². The summed E-state index contributed by atoms with van der Waals surface area (Å²) in [5, 5.41) is 7.89. The van der Waals surface area contributed by atoms with Crippen LogP contribution >= 0.6 is 0 Å². The maximum Gasteiger partial charge on any atom is 0.279 e. The minimum Gasteiger partial charge on any atom is -0.497 e. The summed E-state index contributed by atoms with van der Waals surface area (Å²) >= 11 is 0. The molecule has 3 aromatic rings. The quantitative estimate of drug-likeness (QED) is 0.373. The van der Waals surface area contributed by atoms with Gasteiger partial charge in [0.2, 0.25) is 5.88 Å². The van der Waals surface area contributed by atoms with Crippen LogP contribution in [0.4, 0.5) is 15.9 Å². The highest BCUT2D eigenvalue weighted by atomic mass is 32.2. The number of hydrogen-bond donors (Lipinski definition) is 3. The molecule has 0 spiro atoms. The minimum atomic E-state index is -3.95. The molecule has 37 heavy (non-hydrogen) atoms. The van der Waals surface area contributed by atoms with E-state index in [0.29, 0.717) is 24.3 Å². The average Bonchev–Trinajstić information content (AvgIpc) is 2.85. The van der Waals surface area contributed by atoms with Crippen LogP contribution in [-0.2, 0) is 10.0 Å². The van der Waals surface area contributed by atoms with Gasteiger partial charge >= 0.3 is 0 Å². The number of anilines is 2. The van der Waals surface area contributed by atoms with E-state index in [1.54, 1.807) is 18.2 Å². The van der Waals surface area contributed by atoms with Crippen LogP contribution in [-0.4, -0.2) is 73.5 Å². The Morgan fingerprint density at radius 1 is 1.24 bits per heavy atom. The fourth-order valence-electron chi connectivity index (χ4n) is 3.89. The maximum absolute atomic E-state index is 14.6. The number of halogens is 1. The van der Waals surface area contributed by atoms with E-state index in [9.17, 15) is 12.8 Å². The molecule has 1 aliphatic rings. The van der Waals surface area contributed by atoms with Crippen LogP contribution < -0.4 is 19.9 Å². The normalized spacial score (nSPS) is 18.3. The highest BCUT2D eigenvalue weighted by molar-refractivity contribution is 7.92. The highest BCUT2D eigenvalue weighted by Crippen LogP contribution is 2.30. The molecule has 2 aromatic heterocycles. The Kier molecular flexibility index (Phi) is 7.55. The molecule has 4 rings (SSSR count). The Morgan fingerprint density at radius 2 is 1.97 bits per heavy atom. The molecule has 4 N–H and O–H groups in total. The third kappa shape index (κ3) is 5.94. The molecule has 1 aliphatic heterocycles. The zero-order valence-corrected chi connectivity index (χ0v) is 21.4.